The second-order valence-corrected chi connectivity index (χ2v) is 8.66. The molecule has 0 radical (unpaired) electrons. The molecule has 158 valence electrons. The number of rotatable bonds is 4. The molecule has 6 nitrogen and oxygen atoms in total. The average molecular weight is 427 g/mol. The molecule has 2 aliphatic rings. The van der Waals surface area contributed by atoms with Crippen molar-refractivity contribution in [1.29, 1.82) is 0 Å². The number of amides is 1. The number of hydrogen-bond acceptors (Lipinski definition) is 5. The number of nitrogens with zero attached hydrogens (tertiary/aromatic N) is 3. The van der Waals surface area contributed by atoms with E-state index in [0.29, 0.717) is 30.3 Å². The van der Waals surface area contributed by atoms with Crippen molar-refractivity contribution in [2.24, 2.45) is 5.73 Å². The van der Waals surface area contributed by atoms with Crippen LogP contribution in [0, 0.1) is 0 Å². The van der Waals surface area contributed by atoms with Gasteiger partial charge in [0.2, 0.25) is 0 Å². The minimum atomic E-state index is -0.0753. The zero-order valence-corrected chi connectivity index (χ0v) is 18.1. The van der Waals surface area contributed by atoms with Crippen molar-refractivity contribution < 1.29 is 9.32 Å². The summed E-state index contributed by atoms with van der Waals surface area (Å²) in [6, 6.07) is 12.1. The topological polar surface area (TPSA) is 85.2 Å². The monoisotopic (exact) mass is 426 g/mol. The van der Waals surface area contributed by atoms with Gasteiger partial charge in [0.25, 0.3) is 11.6 Å². The zero-order valence-electron chi connectivity index (χ0n) is 17.2. The molecule has 30 heavy (non-hydrogen) atoms. The number of carbonyl (C=O) groups excluding carboxylic acids is 1. The molecule has 2 aromatic heterocycles. The summed E-state index contributed by atoms with van der Waals surface area (Å²) in [5.74, 6) is 0.719. The molecule has 1 amide bonds. The summed E-state index contributed by atoms with van der Waals surface area (Å²) in [5.41, 5.74) is 10.5. The first kappa shape index (κ1) is 20.8. The van der Waals surface area contributed by atoms with E-state index in [0.717, 1.165) is 29.6 Å². The van der Waals surface area contributed by atoms with Gasteiger partial charge in [-0.1, -0.05) is 49.3 Å². The minimum absolute atomic E-state index is 0. The van der Waals surface area contributed by atoms with Crippen molar-refractivity contribution in [3.63, 3.8) is 0 Å². The van der Waals surface area contributed by atoms with Gasteiger partial charge in [-0.25, -0.2) is 4.98 Å². The summed E-state index contributed by atoms with van der Waals surface area (Å²) >= 11 is 0. The number of benzene rings is 1. The second-order valence-electron chi connectivity index (χ2n) is 8.66. The first-order valence-corrected chi connectivity index (χ1v) is 10.4. The molecular weight excluding hydrogens is 400 g/mol. The molecule has 0 unspecified atom stereocenters. The van der Waals surface area contributed by atoms with Crippen molar-refractivity contribution in [1.82, 2.24) is 15.0 Å². The van der Waals surface area contributed by atoms with Crippen LogP contribution in [0.2, 0.25) is 0 Å². The summed E-state index contributed by atoms with van der Waals surface area (Å²) in [6.45, 7) is 5.27. The van der Waals surface area contributed by atoms with E-state index in [-0.39, 0.29) is 36.2 Å². The molecule has 1 saturated carbocycles. The van der Waals surface area contributed by atoms with Crippen molar-refractivity contribution >= 4 is 29.4 Å². The van der Waals surface area contributed by atoms with E-state index in [1.807, 2.05) is 29.2 Å². The van der Waals surface area contributed by atoms with Crippen LogP contribution in [0.5, 0.6) is 0 Å². The molecule has 0 bridgehead atoms. The van der Waals surface area contributed by atoms with Crippen molar-refractivity contribution in [2.45, 2.75) is 50.5 Å². The lowest BCUT2D eigenvalue weighted by Gasteiger charge is -2.18. The average Bonchev–Trinajstić information content (AvgIpc) is 3.37. The fourth-order valence-corrected chi connectivity index (χ4v) is 4.36. The minimum Gasteiger partial charge on any atom is -0.336 e. The van der Waals surface area contributed by atoms with E-state index in [4.69, 9.17) is 10.3 Å². The molecule has 2 N–H and O–H groups in total. The Kier molecular flexibility index (Phi) is 5.55. The standard InChI is InChI=1S/C23H26N4O2.ClH/c1-13(2)21-20-16(10-19(15-8-9-15)25-22(20)29-26-21)23(28)27-11-17(18(24)12-27)14-6-4-3-5-7-14;/h3-7,10,13,15,17-18H,8-9,11-12,24H2,1-2H3;1H/t17-,18+;/m0./s1. The third-order valence-corrected chi connectivity index (χ3v) is 6.15. The van der Waals surface area contributed by atoms with Crippen LogP contribution >= 0.6 is 12.4 Å². The van der Waals surface area contributed by atoms with E-state index in [1.165, 1.54) is 5.56 Å². The summed E-state index contributed by atoms with van der Waals surface area (Å²) in [7, 11) is 0. The fraction of sp³-hybridized carbons (Fsp3) is 0.435. The highest BCUT2D eigenvalue weighted by Gasteiger charge is 2.36. The van der Waals surface area contributed by atoms with Gasteiger partial charge in [-0.15, -0.1) is 12.4 Å². The Morgan fingerprint density at radius 1 is 1.20 bits per heavy atom. The van der Waals surface area contributed by atoms with Crippen LogP contribution in [-0.2, 0) is 0 Å². The van der Waals surface area contributed by atoms with Crippen LogP contribution in [0.4, 0.5) is 0 Å². The van der Waals surface area contributed by atoms with E-state index < -0.39 is 0 Å². The molecule has 7 heteroatoms. The zero-order chi connectivity index (χ0) is 20.1. The molecule has 2 atom stereocenters. The maximum Gasteiger partial charge on any atom is 0.259 e. The van der Waals surface area contributed by atoms with E-state index in [9.17, 15) is 4.79 Å². The van der Waals surface area contributed by atoms with Crippen LogP contribution in [0.3, 0.4) is 0 Å². The van der Waals surface area contributed by atoms with Crippen LogP contribution in [0.1, 0.15) is 71.8 Å². The Bertz CT molecular complexity index is 1060. The van der Waals surface area contributed by atoms with E-state index in [1.54, 1.807) is 0 Å². The highest BCUT2D eigenvalue weighted by molar-refractivity contribution is 6.06. The quantitative estimate of drug-likeness (QED) is 0.675. The van der Waals surface area contributed by atoms with Crippen molar-refractivity contribution in [3.05, 3.63) is 58.9 Å². The van der Waals surface area contributed by atoms with Crippen molar-refractivity contribution in [3.8, 4) is 0 Å². The Morgan fingerprint density at radius 2 is 1.93 bits per heavy atom. The van der Waals surface area contributed by atoms with Crippen LogP contribution in [0.25, 0.3) is 11.1 Å². The number of aromatic nitrogens is 2. The lowest BCUT2D eigenvalue weighted by Crippen LogP contribution is -2.32. The number of hydrogen-bond donors (Lipinski definition) is 1. The molecule has 1 aromatic carbocycles. The van der Waals surface area contributed by atoms with Crippen LogP contribution < -0.4 is 5.73 Å². The lowest BCUT2D eigenvalue weighted by molar-refractivity contribution is 0.0791. The predicted octanol–water partition coefficient (Wildman–Crippen LogP) is 4.21. The summed E-state index contributed by atoms with van der Waals surface area (Å²) in [4.78, 5) is 20.2. The van der Waals surface area contributed by atoms with Gasteiger partial charge in [0.15, 0.2) is 0 Å². The normalized spacial score (nSPS) is 21.3. The molecule has 1 aliphatic carbocycles. The number of likely N-dealkylation sites (tertiary alicyclic amines) is 1. The first-order chi connectivity index (χ1) is 14.0. The van der Waals surface area contributed by atoms with Gasteiger partial charge in [-0.2, -0.15) is 0 Å². The fourth-order valence-electron chi connectivity index (χ4n) is 4.36. The van der Waals surface area contributed by atoms with Crippen LogP contribution in [-0.4, -0.2) is 40.1 Å². The molecule has 1 aliphatic heterocycles. The van der Waals surface area contributed by atoms with Crippen LogP contribution in [0.15, 0.2) is 40.9 Å². The maximum absolute atomic E-state index is 13.6. The Labute approximate surface area is 182 Å². The maximum atomic E-state index is 13.6. The Morgan fingerprint density at radius 3 is 2.60 bits per heavy atom. The number of carbonyl (C=O) groups is 1. The third kappa shape index (κ3) is 3.59. The van der Waals surface area contributed by atoms with Gasteiger partial charge >= 0.3 is 0 Å². The predicted molar refractivity (Wildman–Crippen MR) is 118 cm³/mol. The number of nitrogens with two attached hydrogens (primary N) is 1. The van der Waals surface area contributed by atoms with E-state index in [2.05, 4.69) is 36.1 Å². The second kappa shape index (κ2) is 8.00. The van der Waals surface area contributed by atoms with Gasteiger partial charge in [0.05, 0.1) is 16.6 Å². The smallest absolute Gasteiger partial charge is 0.259 e. The highest BCUT2D eigenvalue weighted by atomic mass is 35.5. The molecule has 0 spiro atoms. The highest BCUT2D eigenvalue weighted by Crippen LogP contribution is 2.41. The molecule has 1 saturated heterocycles. The van der Waals surface area contributed by atoms with Crippen molar-refractivity contribution in [2.75, 3.05) is 13.1 Å². The summed E-state index contributed by atoms with van der Waals surface area (Å²) < 4.78 is 5.54. The van der Waals surface area contributed by atoms with Gasteiger partial charge in [0.1, 0.15) is 0 Å². The molecule has 5 rings (SSSR count). The number of halogens is 1. The van der Waals surface area contributed by atoms with Gasteiger partial charge in [0, 0.05) is 36.7 Å². The Hall–Kier alpha value is -2.44. The summed E-state index contributed by atoms with van der Waals surface area (Å²) in [6.07, 6.45) is 2.23. The molecular formula is C23H27ClN4O2. The number of pyridine rings is 1. The molecule has 3 aromatic rings. The third-order valence-electron chi connectivity index (χ3n) is 6.15. The number of fused-ring (bicyclic) bond motifs is 1. The van der Waals surface area contributed by atoms with Gasteiger partial charge in [-0.3, -0.25) is 4.79 Å². The van der Waals surface area contributed by atoms with E-state index >= 15 is 0 Å². The SMILES string of the molecule is CC(C)c1noc2nc(C3CC3)cc(C(=O)N3C[C@@H](N)[C@H](c4ccccc4)C3)c12.Cl. The molecule has 3 heterocycles. The first-order valence-electron chi connectivity index (χ1n) is 10.4. The lowest BCUT2D eigenvalue weighted by atomic mass is 9.95. The largest absolute Gasteiger partial charge is 0.336 e. The molecule has 2 fully saturated rings. The Balaban J connectivity index is 0.00000218. The summed E-state index contributed by atoms with van der Waals surface area (Å²) in [5, 5.41) is 4.99. The van der Waals surface area contributed by atoms with Gasteiger partial charge in [-0.05, 0) is 30.4 Å². The van der Waals surface area contributed by atoms with Gasteiger partial charge < -0.3 is 15.2 Å².